The number of nitrogens with one attached hydrogen (secondary N) is 2. The van der Waals surface area contributed by atoms with Crippen LogP contribution in [0.15, 0.2) is 53.4 Å². The molecule has 0 heterocycles. The van der Waals surface area contributed by atoms with Crippen LogP contribution in [0.1, 0.15) is 64.4 Å². The van der Waals surface area contributed by atoms with Gasteiger partial charge in [-0.25, -0.2) is 13.1 Å². The number of thiol groups is 1. The molecule has 8 nitrogen and oxygen atoms in total. The standard InChI is InChI=1S/C30H41N3O5S2/c1-3-9-29(35)33(19-18-31-30(36)27(21-39)24-10-5-4-6-11-24)20-23-14-16-25(17-15-23)26-12-7-8-13-28(26)40(37,38)32-22(2)34/h7-8,12-17,24,27,39H,3-6,9-11,18-21H2,1-2H3,(H,31,36)(H,32,34). The summed E-state index contributed by atoms with van der Waals surface area (Å²) in [6.07, 6.45) is 6.84. The van der Waals surface area contributed by atoms with Crippen LogP contribution in [0.5, 0.6) is 0 Å². The van der Waals surface area contributed by atoms with Gasteiger partial charge >= 0.3 is 0 Å². The second kappa shape index (κ2) is 15.2. The zero-order valence-electron chi connectivity index (χ0n) is 23.4. The fourth-order valence-electron chi connectivity index (χ4n) is 5.29. The van der Waals surface area contributed by atoms with Gasteiger partial charge in [-0.05, 0) is 42.4 Å². The quantitative estimate of drug-likeness (QED) is 0.298. The van der Waals surface area contributed by atoms with Crippen LogP contribution in [0.4, 0.5) is 0 Å². The summed E-state index contributed by atoms with van der Waals surface area (Å²) in [5.74, 6) is 0.173. The Morgan fingerprint density at radius 1 is 1.02 bits per heavy atom. The topological polar surface area (TPSA) is 113 Å². The van der Waals surface area contributed by atoms with Gasteiger partial charge in [0.25, 0.3) is 10.0 Å². The lowest BCUT2D eigenvalue weighted by molar-refractivity contribution is -0.132. The molecule has 2 N–H and O–H groups in total. The van der Waals surface area contributed by atoms with Gasteiger partial charge in [0.05, 0.1) is 4.90 Å². The van der Waals surface area contributed by atoms with E-state index in [4.69, 9.17) is 0 Å². The van der Waals surface area contributed by atoms with E-state index >= 15 is 0 Å². The van der Waals surface area contributed by atoms with Gasteiger partial charge in [-0.15, -0.1) is 0 Å². The number of nitrogens with zero attached hydrogens (tertiary/aromatic N) is 1. The zero-order valence-corrected chi connectivity index (χ0v) is 25.1. The molecule has 0 radical (unpaired) electrons. The van der Waals surface area contributed by atoms with E-state index in [0.717, 1.165) is 44.6 Å². The molecular weight excluding hydrogens is 546 g/mol. The van der Waals surface area contributed by atoms with E-state index in [9.17, 15) is 22.8 Å². The number of carbonyl (C=O) groups excluding carboxylic acids is 3. The molecule has 0 saturated heterocycles. The highest BCUT2D eigenvalue weighted by molar-refractivity contribution is 7.90. The van der Waals surface area contributed by atoms with Crippen LogP contribution in [-0.2, 0) is 31.0 Å². The Balaban J connectivity index is 1.68. The first-order valence-electron chi connectivity index (χ1n) is 14.0. The molecule has 40 heavy (non-hydrogen) atoms. The van der Waals surface area contributed by atoms with Crippen molar-refractivity contribution in [2.45, 2.75) is 70.2 Å². The lowest BCUT2D eigenvalue weighted by Crippen LogP contribution is -2.42. The average Bonchev–Trinajstić information content (AvgIpc) is 2.93. The zero-order chi connectivity index (χ0) is 29.1. The Hall–Kier alpha value is -2.85. The maximum Gasteiger partial charge on any atom is 0.264 e. The van der Waals surface area contributed by atoms with Gasteiger partial charge in [0.1, 0.15) is 0 Å². The van der Waals surface area contributed by atoms with Gasteiger partial charge in [0, 0.05) is 50.2 Å². The Bertz CT molecular complexity index is 1260. The van der Waals surface area contributed by atoms with Gasteiger partial charge in [0.15, 0.2) is 0 Å². The molecule has 1 unspecified atom stereocenters. The van der Waals surface area contributed by atoms with E-state index in [1.165, 1.54) is 12.5 Å². The minimum atomic E-state index is -4.01. The molecule has 10 heteroatoms. The summed E-state index contributed by atoms with van der Waals surface area (Å²) in [5.41, 5.74) is 2.03. The van der Waals surface area contributed by atoms with Gasteiger partial charge in [0.2, 0.25) is 17.7 Å². The van der Waals surface area contributed by atoms with Crippen molar-refractivity contribution in [1.29, 1.82) is 0 Å². The summed E-state index contributed by atoms with van der Waals surface area (Å²) in [7, 11) is -4.01. The maximum absolute atomic E-state index is 12.9. The summed E-state index contributed by atoms with van der Waals surface area (Å²) in [4.78, 5) is 39.0. The molecule has 1 fully saturated rings. The lowest BCUT2D eigenvalue weighted by Gasteiger charge is -2.29. The Morgan fingerprint density at radius 2 is 1.70 bits per heavy atom. The average molecular weight is 588 g/mol. The van der Waals surface area contributed by atoms with Crippen molar-refractivity contribution in [3.8, 4) is 11.1 Å². The third-order valence-electron chi connectivity index (χ3n) is 7.34. The van der Waals surface area contributed by atoms with Crippen molar-refractivity contribution in [2.75, 3.05) is 18.8 Å². The minimum absolute atomic E-state index is 0.0150. The van der Waals surface area contributed by atoms with Gasteiger partial charge < -0.3 is 10.2 Å². The molecule has 3 amide bonds. The van der Waals surface area contributed by atoms with Crippen molar-refractivity contribution in [2.24, 2.45) is 11.8 Å². The number of carbonyl (C=O) groups is 3. The number of rotatable bonds is 13. The fourth-order valence-corrected chi connectivity index (χ4v) is 6.97. The van der Waals surface area contributed by atoms with Gasteiger partial charge in [-0.2, -0.15) is 12.6 Å². The van der Waals surface area contributed by atoms with Crippen LogP contribution < -0.4 is 10.0 Å². The smallest absolute Gasteiger partial charge is 0.264 e. The van der Waals surface area contributed by atoms with Crippen LogP contribution in [0.3, 0.4) is 0 Å². The number of benzene rings is 2. The molecule has 1 aliphatic rings. The molecule has 2 aromatic carbocycles. The highest BCUT2D eigenvalue weighted by Crippen LogP contribution is 2.31. The number of amides is 3. The van der Waals surface area contributed by atoms with E-state index < -0.39 is 15.9 Å². The van der Waals surface area contributed by atoms with Crippen LogP contribution in [0.2, 0.25) is 0 Å². The Morgan fingerprint density at radius 3 is 2.33 bits per heavy atom. The third kappa shape index (κ3) is 8.83. The maximum atomic E-state index is 12.9. The van der Waals surface area contributed by atoms with Crippen molar-refractivity contribution in [3.05, 3.63) is 54.1 Å². The second-order valence-corrected chi connectivity index (χ2v) is 12.4. The summed E-state index contributed by atoms with van der Waals surface area (Å²) in [6.45, 7) is 4.26. The van der Waals surface area contributed by atoms with Crippen LogP contribution in [-0.4, -0.2) is 49.9 Å². The van der Waals surface area contributed by atoms with Crippen molar-refractivity contribution in [1.82, 2.24) is 14.9 Å². The van der Waals surface area contributed by atoms with Gasteiger partial charge in [-0.1, -0.05) is 68.7 Å². The minimum Gasteiger partial charge on any atom is -0.354 e. The molecule has 218 valence electrons. The number of hydrogen-bond donors (Lipinski definition) is 3. The predicted molar refractivity (Wildman–Crippen MR) is 160 cm³/mol. The largest absolute Gasteiger partial charge is 0.354 e. The molecular formula is C30H41N3O5S2. The normalized spacial score (nSPS) is 14.8. The second-order valence-electron chi connectivity index (χ2n) is 10.4. The highest BCUT2D eigenvalue weighted by atomic mass is 32.2. The van der Waals surface area contributed by atoms with Crippen molar-refractivity contribution in [3.63, 3.8) is 0 Å². The number of sulfonamides is 1. The lowest BCUT2D eigenvalue weighted by atomic mass is 9.80. The molecule has 2 aromatic rings. The Labute approximate surface area is 243 Å². The van der Waals surface area contributed by atoms with Crippen LogP contribution >= 0.6 is 12.6 Å². The van der Waals surface area contributed by atoms with E-state index in [-0.39, 0.29) is 22.6 Å². The molecule has 1 atom stereocenters. The highest BCUT2D eigenvalue weighted by Gasteiger charge is 2.28. The molecule has 1 saturated carbocycles. The third-order valence-corrected chi connectivity index (χ3v) is 9.23. The summed E-state index contributed by atoms with van der Waals surface area (Å²) in [6, 6.07) is 13.8. The molecule has 0 aliphatic heterocycles. The molecule has 0 aromatic heterocycles. The monoisotopic (exact) mass is 587 g/mol. The first-order chi connectivity index (χ1) is 19.2. The summed E-state index contributed by atoms with van der Waals surface area (Å²) < 4.78 is 27.4. The Kier molecular flexibility index (Phi) is 12.1. The summed E-state index contributed by atoms with van der Waals surface area (Å²) in [5, 5.41) is 3.04. The SMILES string of the molecule is CCCC(=O)N(CCNC(=O)C(CS)C1CCCCC1)Cc1ccc(-c2ccccc2S(=O)(=O)NC(C)=O)cc1. The molecule has 0 bridgehead atoms. The molecule has 3 rings (SSSR count). The fraction of sp³-hybridized carbons (Fsp3) is 0.500. The molecule has 1 aliphatic carbocycles. The number of hydrogen-bond acceptors (Lipinski definition) is 6. The van der Waals surface area contributed by atoms with Crippen molar-refractivity contribution < 1.29 is 22.8 Å². The van der Waals surface area contributed by atoms with Crippen molar-refractivity contribution >= 4 is 40.4 Å². The van der Waals surface area contributed by atoms with Gasteiger partial charge in [-0.3, -0.25) is 14.4 Å². The summed E-state index contributed by atoms with van der Waals surface area (Å²) >= 11 is 4.45. The van der Waals surface area contributed by atoms with E-state index in [1.807, 2.05) is 35.9 Å². The first kappa shape index (κ1) is 31.7. The van der Waals surface area contributed by atoms with E-state index in [1.54, 1.807) is 23.1 Å². The van der Waals surface area contributed by atoms with Crippen LogP contribution in [0, 0.1) is 11.8 Å². The molecule has 0 spiro atoms. The van der Waals surface area contributed by atoms with E-state index in [2.05, 4.69) is 17.9 Å². The first-order valence-corrected chi connectivity index (χ1v) is 16.2. The van der Waals surface area contributed by atoms with E-state index in [0.29, 0.717) is 48.9 Å². The van der Waals surface area contributed by atoms with Crippen LogP contribution in [0.25, 0.3) is 11.1 Å². The predicted octanol–water partition coefficient (Wildman–Crippen LogP) is 4.55.